The molecule has 0 saturated heterocycles. The minimum atomic E-state index is 0.732. The van der Waals surface area contributed by atoms with Crippen LogP contribution in [0.4, 0.5) is 5.69 Å². The van der Waals surface area contributed by atoms with Crippen molar-refractivity contribution in [3.8, 4) is 0 Å². The summed E-state index contributed by atoms with van der Waals surface area (Å²) in [6.45, 7) is 8.83. The molecule has 0 radical (unpaired) electrons. The van der Waals surface area contributed by atoms with Crippen LogP contribution in [0.3, 0.4) is 0 Å². The van der Waals surface area contributed by atoms with E-state index in [2.05, 4.69) is 54.1 Å². The number of para-hydroxylation sites is 1. The zero-order valence-corrected chi connectivity index (χ0v) is 14.2. The highest BCUT2D eigenvalue weighted by Gasteiger charge is 2.08. The summed E-state index contributed by atoms with van der Waals surface area (Å²) in [4.78, 5) is 0. The molecule has 0 spiro atoms. The van der Waals surface area contributed by atoms with E-state index < -0.39 is 0 Å². The number of benzene rings is 1. The van der Waals surface area contributed by atoms with Crippen molar-refractivity contribution < 1.29 is 0 Å². The van der Waals surface area contributed by atoms with Crippen molar-refractivity contribution >= 4 is 28.8 Å². The van der Waals surface area contributed by atoms with Gasteiger partial charge in [0.05, 0.1) is 6.54 Å². The topological polar surface area (TPSA) is 37.8 Å². The molecular formula is C16H21N3S2. The summed E-state index contributed by atoms with van der Waals surface area (Å²) in [5.74, 6) is 0.876. The van der Waals surface area contributed by atoms with Crippen molar-refractivity contribution in [1.29, 1.82) is 0 Å². The Morgan fingerprint density at radius 1 is 1.24 bits per heavy atom. The Morgan fingerprint density at radius 2 is 1.95 bits per heavy atom. The van der Waals surface area contributed by atoms with Gasteiger partial charge in [0.15, 0.2) is 4.34 Å². The quantitative estimate of drug-likeness (QED) is 0.572. The van der Waals surface area contributed by atoms with Crippen LogP contribution < -0.4 is 5.32 Å². The zero-order valence-electron chi connectivity index (χ0n) is 12.6. The number of nitrogens with zero attached hydrogens (tertiary/aromatic N) is 2. The van der Waals surface area contributed by atoms with Crippen molar-refractivity contribution in [3.05, 3.63) is 47.0 Å². The van der Waals surface area contributed by atoms with Crippen LogP contribution in [0, 0.1) is 0 Å². The summed E-state index contributed by atoms with van der Waals surface area (Å²) in [5, 5.41) is 13.0. The summed E-state index contributed by atoms with van der Waals surface area (Å²) < 4.78 is 1.01. The normalized spacial score (nSPS) is 10.6. The summed E-state index contributed by atoms with van der Waals surface area (Å²) in [7, 11) is 0. The molecule has 1 N–H and O–H groups in total. The molecule has 1 aromatic heterocycles. The molecule has 21 heavy (non-hydrogen) atoms. The van der Waals surface area contributed by atoms with Gasteiger partial charge >= 0.3 is 0 Å². The number of hydrogen-bond donors (Lipinski definition) is 1. The molecule has 0 atom stereocenters. The number of aromatic nitrogens is 2. The van der Waals surface area contributed by atoms with Crippen molar-refractivity contribution in [2.45, 2.75) is 37.6 Å². The van der Waals surface area contributed by atoms with E-state index in [1.807, 2.05) is 6.08 Å². The smallest absolute Gasteiger partial charge is 0.174 e. The van der Waals surface area contributed by atoms with Crippen LogP contribution in [0.15, 0.2) is 35.2 Å². The third-order valence-electron chi connectivity index (χ3n) is 3.19. The first-order valence-electron chi connectivity index (χ1n) is 7.19. The predicted molar refractivity (Wildman–Crippen MR) is 93.4 cm³/mol. The monoisotopic (exact) mass is 319 g/mol. The Morgan fingerprint density at radius 3 is 2.57 bits per heavy atom. The SMILES string of the molecule is C=CCSc1nnc(CNc2c(CC)cccc2CC)s1. The minimum Gasteiger partial charge on any atom is -0.378 e. The average molecular weight is 319 g/mol. The largest absolute Gasteiger partial charge is 0.378 e. The Hall–Kier alpha value is -1.33. The van der Waals surface area contributed by atoms with Gasteiger partial charge in [0.25, 0.3) is 0 Å². The molecule has 0 unspecified atom stereocenters. The first-order valence-corrected chi connectivity index (χ1v) is 8.99. The molecule has 0 fully saturated rings. The van der Waals surface area contributed by atoms with Crippen LogP contribution in [-0.2, 0) is 19.4 Å². The van der Waals surface area contributed by atoms with Gasteiger partial charge in [-0.2, -0.15) is 0 Å². The number of anilines is 1. The van der Waals surface area contributed by atoms with Crippen LogP contribution in [0.1, 0.15) is 30.0 Å². The van der Waals surface area contributed by atoms with Crippen LogP contribution in [0.25, 0.3) is 0 Å². The van der Waals surface area contributed by atoms with Gasteiger partial charge in [-0.1, -0.05) is 61.2 Å². The van der Waals surface area contributed by atoms with Gasteiger partial charge in [-0.15, -0.1) is 16.8 Å². The molecule has 0 aliphatic rings. The van der Waals surface area contributed by atoms with Crippen molar-refractivity contribution in [2.75, 3.05) is 11.1 Å². The second kappa shape index (κ2) is 8.20. The van der Waals surface area contributed by atoms with E-state index in [0.29, 0.717) is 0 Å². The van der Waals surface area contributed by atoms with Gasteiger partial charge in [-0.05, 0) is 24.0 Å². The first kappa shape index (κ1) is 16.0. The molecule has 5 heteroatoms. The van der Waals surface area contributed by atoms with Crippen molar-refractivity contribution in [1.82, 2.24) is 10.2 Å². The van der Waals surface area contributed by atoms with Crippen molar-refractivity contribution in [2.24, 2.45) is 0 Å². The standard InChI is InChI=1S/C16H21N3S2/c1-4-10-20-16-19-18-14(21-16)11-17-15-12(5-2)8-7-9-13(15)6-3/h4,7-9,17H,1,5-6,10-11H2,2-3H3. The molecule has 112 valence electrons. The average Bonchev–Trinajstić information content (AvgIpc) is 2.98. The highest BCUT2D eigenvalue weighted by atomic mass is 32.2. The highest BCUT2D eigenvalue weighted by molar-refractivity contribution is 8.01. The molecule has 0 amide bonds. The van der Waals surface area contributed by atoms with Gasteiger partial charge in [-0.25, -0.2) is 0 Å². The molecule has 0 bridgehead atoms. The Kier molecular flexibility index (Phi) is 6.26. The van der Waals surface area contributed by atoms with Crippen LogP contribution in [0.5, 0.6) is 0 Å². The van der Waals surface area contributed by atoms with Gasteiger partial charge in [0, 0.05) is 11.4 Å². The molecular weight excluding hydrogens is 298 g/mol. The maximum absolute atomic E-state index is 4.25. The van der Waals surface area contributed by atoms with Crippen LogP contribution in [0.2, 0.25) is 0 Å². The fourth-order valence-electron chi connectivity index (χ4n) is 2.13. The molecule has 0 saturated carbocycles. The number of rotatable bonds is 8. The van der Waals surface area contributed by atoms with Gasteiger partial charge in [0.2, 0.25) is 0 Å². The second-order valence-corrected chi connectivity index (χ2v) is 6.90. The lowest BCUT2D eigenvalue weighted by Gasteiger charge is -2.14. The summed E-state index contributed by atoms with van der Waals surface area (Å²) >= 11 is 3.33. The van der Waals surface area contributed by atoms with Gasteiger partial charge in [-0.3, -0.25) is 0 Å². The van der Waals surface area contributed by atoms with Crippen molar-refractivity contribution in [3.63, 3.8) is 0 Å². The predicted octanol–water partition coefficient (Wildman–Crippen LogP) is 4.55. The second-order valence-electron chi connectivity index (χ2n) is 4.57. The van der Waals surface area contributed by atoms with E-state index in [1.54, 1.807) is 23.1 Å². The van der Waals surface area contributed by atoms with Gasteiger partial charge < -0.3 is 5.32 Å². The summed E-state index contributed by atoms with van der Waals surface area (Å²) in [6.07, 6.45) is 3.95. The Labute approximate surface area is 134 Å². The number of nitrogens with one attached hydrogen (secondary N) is 1. The molecule has 0 aliphatic carbocycles. The fraction of sp³-hybridized carbons (Fsp3) is 0.375. The Bertz CT molecular complexity index is 571. The molecule has 2 rings (SSSR count). The molecule has 2 aromatic rings. The van der Waals surface area contributed by atoms with Crippen LogP contribution in [-0.4, -0.2) is 16.0 Å². The summed E-state index contributed by atoms with van der Waals surface area (Å²) in [6, 6.07) is 6.51. The maximum atomic E-state index is 4.25. The van der Waals surface area contributed by atoms with Gasteiger partial charge in [0.1, 0.15) is 5.01 Å². The summed E-state index contributed by atoms with van der Waals surface area (Å²) in [5.41, 5.74) is 3.98. The fourth-order valence-corrected chi connectivity index (χ4v) is 3.73. The lowest BCUT2D eigenvalue weighted by atomic mass is 10.0. The van der Waals surface area contributed by atoms with E-state index in [4.69, 9.17) is 0 Å². The zero-order chi connectivity index (χ0) is 15.1. The number of thioether (sulfide) groups is 1. The Balaban J connectivity index is 2.05. The molecule has 1 heterocycles. The van der Waals surface area contributed by atoms with E-state index >= 15 is 0 Å². The third kappa shape index (κ3) is 4.32. The van der Waals surface area contributed by atoms with E-state index in [0.717, 1.165) is 34.5 Å². The van der Waals surface area contributed by atoms with E-state index in [1.165, 1.54) is 16.8 Å². The molecule has 0 aliphatic heterocycles. The maximum Gasteiger partial charge on any atom is 0.174 e. The first-order chi connectivity index (χ1) is 10.3. The molecule has 1 aromatic carbocycles. The minimum absolute atomic E-state index is 0.732. The van der Waals surface area contributed by atoms with Crippen LogP contribution >= 0.6 is 23.1 Å². The highest BCUT2D eigenvalue weighted by Crippen LogP contribution is 2.26. The third-order valence-corrected chi connectivity index (χ3v) is 5.24. The van der Waals surface area contributed by atoms with E-state index in [-0.39, 0.29) is 0 Å². The lowest BCUT2D eigenvalue weighted by molar-refractivity contribution is 0.943. The van der Waals surface area contributed by atoms with E-state index in [9.17, 15) is 0 Å². The number of hydrogen-bond acceptors (Lipinski definition) is 5. The number of aryl methyl sites for hydroxylation is 2. The lowest BCUT2D eigenvalue weighted by Crippen LogP contribution is -2.05. The molecule has 3 nitrogen and oxygen atoms in total.